The highest BCUT2D eigenvalue weighted by Gasteiger charge is 2.71. The Balaban J connectivity index is 1.84. The van der Waals surface area contributed by atoms with Crippen LogP contribution in [-0.2, 0) is 9.59 Å². The molecule has 9 atom stereocenters. The SMILES string of the molecule is C[C@@H]1C[C@H]2[C@@H]3C[C@H](F)C4=CC(=O)C=CC4(C)[C@@]3(Cl)[C@@H](O)C[C@]2(C)[C@H]1C(=O)CO. The van der Waals surface area contributed by atoms with E-state index < -0.39 is 34.6 Å². The number of alkyl halides is 2. The number of hydrogen-bond acceptors (Lipinski definition) is 4. The Morgan fingerprint density at radius 2 is 2.00 bits per heavy atom. The molecule has 0 heterocycles. The molecule has 0 aliphatic heterocycles. The molecule has 3 saturated carbocycles. The highest BCUT2D eigenvalue weighted by Crippen LogP contribution is 2.70. The Bertz CT molecular complexity index is 793. The first-order valence-electron chi connectivity index (χ1n) is 10.1. The third-order valence-electron chi connectivity index (χ3n) is 8.47. The molecule has 4 nitrogen and oxygen atoms in total. The van der Waals surface area contributed by atoms with Gasteiger partial charge in [-0.05, 0) is 60.2 Å². The number of rotatable bonds is 2. The number of fused-ring (bicyclic) bond motifs is 5. The van der Waals surface area contributed by atoms with Crippen LogP contribution in [0.5, 0.6) is 0 Å². The van der Waals surface area contributed by atoms with E-state index in [0.717, 1.165) is 0 Å². The topological polar surface area (TPSA) is 74.6 Å². The van der Waals surface area contributed by atoms with Crippen LogP contribution in [0, 0.1) is 34.5 Å². The van der Waals surface area contributed by atoms with Gasteiger partial charge in [0.15, 0.2) is 11.6 Å². The second kappa shape index (κ2) is 6.23. The van der Waals surface area contributed by atoms with E-state index in [4.69, 9.17) is 11.6 Å². The molecular formula is C22H28ClFO4. The van der Waals surface area contributed by atoms with Crippen molar-refractivity contribution in [3.63, 3.8) is 0 Å². The number of ketones is 2. The van der Waals surface area contributed by atoms with Crippen LogP contribution in [-0.4, -0.2) is 45.5 Å². The lowest BCUT2D eigenvalue weighted by atomic mass is 9.46. The first kappa shape index (κ1) is 20.2. The third kappa shape index (κ3) is 2.30. The second-order valence-corrected chi connectivity index (χ2v) is 10.4. The van der Waals surface area contributed by atoms with Crippen LogP contribution in [0.15, 0.2) is 23.8 Å². The molecule has 6 heteroatoms. The number of aliphatic hydroxyl groups is 2. The van der Waals surface area contributed by atoms with Crippen molar-refractivity contribution in [3.8, 4) is 0 Å². The smallest absolute Gasteiger partial charge is 0.178 e. The van der Waals surface area contributed by atoms with Gasteiger partial charge < -0.3 is 10.2 Å². The minimum atomic E-state index is -1.31. The molecular weight excluding hydrogens is 383 g/mol. The van der Waals surface area contributed by atoms with Crippen LogP contribution in [0.4, 0.5) is 4.39 Å². The molecule has 0 radical (unpaired) electrons. The Labute approximate surface area is 169 Å². The van der Waals surface area contributed by atoms with E-state index >= 15 is 4.39 Å². The molecule has 0 bridgehead atoms. The van der Waals surface area contributed by atoms with Gasteiger partial charge in [-0.3, -0.25) is 9.59 Å². The summed E-state index contributed by atoms with van der Waals surface area (Å²) in [7, 11) is 0. The Morgan fingerprint density at radius 3 is 2.64 bits per heavy atom. The molecule has 1 unspecified atom stereocenters. The van der Waals surface area contributed by atoms with Crippen LogP contribution in [0.25, 0.3) is 0 Å². The molecule has 0 spiro atoms. The molecule has 2 N–H and O–H groups in total. The summed E-state index contributed by atoms with van der Waals surface area (Å²) in [6.45, 7) is 5.27. The van der Waals surface area contributed by atoms with Crippen molar-refractivity contribution in [2.24, 2.45) is 34.5 Å². The molecule has 154 valence electrons. The van der Waals surface area contributed by atoms with Gasteiger partial charge in [0.25, 0.3) is 0 Å². The summed E-state index contributed by atoms with van der Waals surface area (Å²) in [5.41, 5.74) is -1.15. The van der Waals surface area contributed by atoms with Crippen molar-refractivity contribution < 1.29 is 24.2 Å². The number of aliphatic hydroxyl groups excluding tert-OH is 2. The standard InChI is InChI=1S/C22H28ClFO4/c1-11-6-13-14-8-16(24)15-7-12(26)4-5-21(15,3)22(14,23)18(28)9-20(13,2)19(11)17(27)10-25/h4-5,7,11,13-14,16,18-19,25,28H,6,8-10H2,1-3H3/t11-,13+,14+,16+,18+,19-,20+,21?,22+/m1/s1. The Morgan fingerprint density at radius 1 is 1.32 bits per heavy atom. The average Bonchev–Trinajstić information content (AvgIpc) is 2.89. The summed E-state index contributed by atoms with van der Waals surface area (Å²) in [5.74, 6) is -1.18. The van der Waals surface area contributed by atoms with E-state index in [9.17, 15) is 19.8 Å². The predicted octanol–water partition coefficient (Wildman–Crippen LogP) is 3.00. The van der Waals surface area contributed by atoms with Gasteiger partial charge in [0.2, 0.25) is 0 Å². The molecule has 4 aliphatic carbocycles. The van der Waals surface area contributed by atoms with Gasteiger partial charge in [0.05, 0.1) is 11.0 Å². The van der Waals surface area contributed by atoms with Crippen LogP contribution in [0.3, 0.4) is 0 Å². The van der Waals surface area contributed by atoms with E-state index in [2.05, 4.69) is 0 Å². The van der Waals surface area contributed by atoms with Gasteiger partial charge in [-0.25, -0.2) is 4.39 Å². The van der Waals surface area contributed by atoms with Gasteiger partial charge in [0, 0.05) is 11.3 Å². The van der Waals surface area contributed by atoms with Gasteiger partial charge in [-0.15, -0.1) is 11.6 Å². The lowest BCUT2D eigenvalue weighted by Gasteiger charge is -2.63. The van der Waals surface area contributed by atoms with Gasteiger partial charge in [-0.2, -0.15) is 0 Å². The van der Waals surface area contributed by atoms with Crippen molar-refractivity contribution in [2.75, 3.05) is 6.61 Å². The fourth-order valence-corrected chi connectivity index (χ4v) is 7.85. The van der Waals surface area contributed by atoms with Crippen LogP contribution in [0.2, 0.25) is 0 Å². The molecule has 0 saturated heterocycles. The number of hydrogen-bond donors (Lipinski definition) is 2. The maximum atomic E-state index is 15.3. The molecule has 0 amide bonds. The minimum Gasteiger partial charge on any atom is -0.391 e. The molecule has 0 aromatic heterocycles. The molecule has 0 aromatic rings. The van der Waals surface area contributed by atoms with Gasteiger partial charge in [-0.1, -0.05) is 26.8 Å². The highest BCUT2D eigenvalue weighted by molar-refractivity contribution is 6.26. The van der Waals surface area contributed by atoms with Crippen molar-refractivity contribution >= 4 is 23.2 Å². The van der Waals surface area contributed by atoms with E-state index in [1.165, 1.54) is 12.2 Å². The summed E-state index contributed by atoms with van der Waals surface area (Å²) in [5, 5.41) is 20.8. The van der Waals surface area contributed by atoms with Crippen molar-refractivity contribution in [1.29, 1.82) is 0 Å². The number of carbonyl (C=O) groups excluding carboxylic acids is 2. The Hall–Kier alpha value is -1.04. The van der Waals surface area contributed by atoms with Gasteiger partial charge >= 0.3 is 0 Å². The zero-order valence-electron chi connectivity index (χ0n) is 16.5. The quantitative estimate of drug-likeness (QED) is 0.686. The van der Waals surface area contributed by atoms with E-state index in [0.29, 0.717) is 18.4 Å². The first-order valence-corrected chi connectivity index (χ1v) is 10.5. The second-order valence-electron chi connectivity index (χ2n) is 9.76. The van der Waals surface area contributed by atoms with E-state index in [1.807, 2.05) is 20.8 Å². The lowest BCUT2D eigenvalue weighted by molar-refractivity contribution is -0.140. The fraction of sp³-hybridized carbons (Fsp3) is 0.727. The maximum Gasteiger partial charge on any atom is 0.178 e. The number of Topliss-reactive ketones (excluding diaryl/α,β-unsaturated/α-hetero) is 1. The first-order chi connectivity index (χ1) is 13.0. The lowest BCUT2D eigenvalue weighted by Crippen LogP contribution is -2.67. The highest BCUT2D eigenvalue weighted by atomic mass is 35.5. The van der Waals surface area contributed by atoms with Crippen molar-refractivity contribution in [2.45, 2.75) is 57.2 Å². The molecule has 4 rings (SSSR count). The molecule has 0 aromatic carbocycles. The van der Waals surface area contributed by atoms with Crippen molar-refractivity contribution in [1.82, 2.24) is 0 Å². The summed E-state index contributed by atoms with van der Waals surface area (Å²) in [4.78, 5) is 23.3. The minimum absolute atomic E-state index is 0.0344. The predicted molar refractivity (Wildman–Crippen MR) is 104 cm³/mol. The van der Waals surface area contributed by atoms with Gasteiger partial charge in [0.1, 0.15) is 12.8 Å². The summed E-state index contributed by atoms with van der Waals surface area (Å²) in [6, 6.07) is 0. The van der Waals surface area contributed by atoms with Crippen LogP contribution >= 0.6 is 11.6 Å². The van der Waals surface area contributed by atoms with E-state index in [1.54, 1.807) is 6.08 Å². The normalized spacial score (nSPS) is 52.5. The monoisotopic (exact) mass is 410 g/mol. The van der Waals surface area contributed by atoms with Crippen LogP contribution in [0.1, 0.15) is 40.0 Å². The summed E-state index contributed by atoms with van der Waals surface area (Å²) < 4.78 is 15.3. The maximum absolute atomic E-state index is 15.3. The molecule has 28 heavy (non-hydrogen) atoms. The number of carbonyl (C=O) groups is 2. The third-order valence-corrected chi connectivity index (χ3v) is 9.40. The number of allylic oxidation sites excluding steroid dienone is 4. The summed E-state index contributed by atoms with van der Waals surface area (Å²) >= 11 is 7.24. The Kier molecular flexibility index (Phi) is 4.50. The van der Waals surface area contributed by atoms with Crippen molar-refractivity contribution in [3.05, 3.63) is 23.8 Å². The fourth-order valence-electron chi connectivity index (χ4n) is 7.36. The van der Waals surface area contributed by atoms with E-state index in [-0.39, 0.29) is 41.7 Å². The van der Waals surface area contributed by atoms with Crippen LogP contribution < -0.4 is 0 Å². The average molecular weight is 411 g/mol. The number of halogens is 2. The summed E-state index contributed by atoms with van der Waals surface area (Å²) in [6.07, 6.45) is 3.31. The largest absolute Gasteiger partial charge is 0.391 e. The zero-order valence-corrected chi connectivity index (χ0v) is 17.2. The zero-order chi connectivity index (χ0) is 20.6. The molecule has 3 fully saturated rings. The molecule has 4 aliphatic rings.